The van der Waals surface area contributed by atoms with Crippen LogP contribution >= 0.6 is 24.8 Å². The van der Waals surface area contributed by atoms with Gasteiger partial charge >= 0.3 is 348 Å². The van der Waals surface area contributed by atoms with E-state index in [4.69, 9.17) is 8.83 Å². The third kappa shape index (κ3) is 7.87. The molecule has 6 aromatic rings. The first-order valence-electron chi connectivity index (χ1n) is 20.3. The smallest absolute Gasteiger partial charge is 0.147 e. The van der Waals surface area contributed by atoms with Gasteiger partial charge in [0.15, 0.2) is 0 Å². The van der Waals surface area contributed by atoms with Gasteiger partial charge in [-0.05, 0) is 0 Å². The molecule has 0 amide bonds. The second-order valence-electron chi connectivity index (χ2n) is 18.5. The normalized spacial score (nSPS) is 15.9. The zero-order valence-electron chi connectivity index (χ0n) is 36.2. The average Bonchev–Trinajstić information content (AvgIpc) is 3.96. The van der Waals surface area contributed by atoms with Crippen LogP contribution in [0.25, 0.3) is 45.6 Å². The maximum Gasteiger partial charge on any atom is -0.147 e. The quantitative estimate of drug-likeness (QED) is 0.142. The van der Waals surface area contributed by atoms with Gasteiger partial charge in [-0.2, -0.15) is 0 Å². The molecular weight excluding hydrogens is 879 g/mol. The molecule has 2 aliphatic rings. The Morgan fingerprint density at radius 3 is 1.19 bits per heavy atom. The largest absolute Gasteiger partial charge is 0.147 e. The van der Waals surface area contributed by atoms with Gasteiger partial charge in [-0.3, -0.25) is 0 Å². The fraction of sp³-hybridized carbons (Fsp3) is 0.280. The van der Waals surface area contributed by atoms with Crippen molar-refractivity contribution in [2.75, 3.05) is 0 Å². The standard InChI is InChI=1S/2C24H25OSi.C2H6Si.2ClH.Zr/c2*1-16-13-19-14-20(22-11-12-23(25-22)26(3,4)5)15-21(19)24(17(16)2)18-9-7-6-8-10-18;1-3-2;;;/h2*6-15H,1-5H3;1-2H3;2*1H;. The SMILES string of the molecule is Cc1cc2c(c(-c3ccccc3)c1C)C=C(c1ccc([Si](C)(C)C)o1)[CH]2[Zr]([CH]1C(c2ccc([Si](C)(C)C)o2)=Cc2c1cc(C)c(C)c2-c1ccccc1)=[Si](C)C.Cl.Cl. The van der Waals surface area contributed by atoms with Crippen molar-refractivity contribution < 1.29 is 29.2 Å². The molecular formula is C50H58Cl2O2Si3Zr. The van der Waals surface area contributed by atoms with Crippen molar-refractivity contribution in [3.8, 4) is 22.3 Å². The first-order valence-corrected chi connectivity index (χ1v) is 36.3. The zero-order valence-corrected chi connectivity index (χ0v) is 43.3. The van der Waals surface area contributed by atoms with E-state index in [-0.39, 0.29) is 24.8 Å². The molecule has 0 radical (unpaired) electrons. The summed E-state index contributed by atoms with van der Waals surface area (Å²) in [4.78, 5) is 0. The van der Waals surface area contributed by atoms with Crippen molar-refractivity contribution in [3.63, 3.8) is 0 Å². The number of furan rings is 2. The number of benzene rings is 4. The summed E-state index contributed by atoms with van der Waals surface area (Å²) in [5.74, 6) is 2.15. The van der Waals surface area contributed by atoms with Crippen LogP contribution in [-0.2, 0) is 20.4 Å². The molecule has 2 aliphatic carbocycles. The topological polar surface area (TPSA) is 26.3 Å². The Bertz CT molecular complexity index is 2440. The van der Waals surface area contributed by atoms with Crippen molar-refractivity contribution in [1.82, 2.24) is 0 Å². The van der Waals surface area contributed by atoms with Gasteiger partial charge < -0.3 is 0 Å². The maximum absolute atomic E-state index is 7.03. The summed E-state index contributed by atoms with van der Waals surface area (Å²) >= 11 is -2.73. The molecule has 8 heteroatoms. The molecule has 8 rings (SSSR count). The van der Waals surface area contributed by atoms with Gasteiger partial charge in [0.1, 0.15) is 0 Å². The summed E-state index contributed by atoms with van der Waals surface area (Å²) in [5, 5.41) is 2.37. The average molecular weight is 937 g/mol. The summed E-state index contributed by atoms with van der Waals surface area (Å²) < 4.78 is 14.7. The molecule has 0 bridgehead atoms. The van der Waals surface area contributed by atoms with Gasteiger partial charge in [0.05, 0.1) is 0 Å². The van der Waals surface area contributed by atoms with Gasteiger partial charge in [0.2, 0.25) is 0 Å². The van der Waals surface area contributed by atoms with Crippen molar-refractivity contribution in [2.24, 2.45) is 0 Å². The fourth-order valence-electron chi connectivity index (χ4n) is 9.11. The van der Waals surface area contributed by atoms with Gasteiger partial charge in [-0.15, -0.1) is 24.8 Å². The molecule has 2 nitrogen and oxygen atoms in total. The molecule has 0 N–H and O–H groups in total. The second-order valence-corrected chi connectivity index (χ2v) is 46.3. The third-order valence-electron chi connectivity index (χ3n) is 12.3. The summed E-state index contributed by atoms with van der Waals surface area (Å²) in [6.07, 6.45) is 5.14. The summed E-state index contributed by atoms with van der Waals surface area (Å²) in [7, 11) is -3.35. The van der Waals surface area contributed by atoms with Crippen LogP contribution in [0.3, 0.4) is 0 Å². The number of hydrogen-bond donors (Lipinski definition) is 0. The Morgan fingerprint density at radius 1 is 0.517 bits per heavy atom. The van der Waals surface area contributed by atoms with Gasteiger partial charge in [0.25, 0.3) is 0 Å². The van der Waals surface area contributed by atoms with Crippen LogP contribution < -0.4 is 10.8 Å². The van der Waals surface area contributed by atoms with Crippen LogP contribution in [0.2, 0.25) is 52.4 Å². The molecule has 300 valence electrons. The molecule has 0 spiro atoms. The minimum Gasteiger partial charge on any atom is -0.147 e. The monoisotopic (exact) mass is 934 g/mol. The van der Waals surface area contributed by atoms with Crippen molar-refractivity contribution in [1.29, 1.82) is 0 Å². The third-order valence-corrected chi connectivity index (χ3v) is 35.0. The van der Waals surface area contributed by atoms with Crippen LogP contribution in [0, 0.1) is 27.7 Å². The van der Waals surface area contributed by atoms with E-state index in [0.717, 1.165) is 11.5 Å². The van der Waals surface area contributed by atoms with Gasteiger partial charge in [0, 0.05) is 0 Å². The minimum absolute atomic E-state index is 0. The Morgan fingerprint density at radius 2 is 0.879 bits per heavy atom. The van der Waals surface area contributed by atoms with Crippen molar-refractivity contribution in [2.45, 2.75) is 87.3 Å². The number of rotatable bonds is 8. The van der Waals surface area contributed by atoms with Crippen molar-refractivity contribution in [3.05, 3.63) is 153 Å². The number of aryl methyl sites for hydroxylation is 2. The first-order chi connectivity index (χ1) is 26.5. The second kappa shape index (κ2) is 16.8. The molecule has 0 saturated heterocycles. The van der Waals surface area contributed by atoms with Crippen LogP contribution in [0.5, 0.6) is 0 Å². The molecule has 4 aromatic carbocycles. The summed E-state index contributed by atoms with van der Waals surface area (Å²) in [6.45, 7) is 28.9. The fourth-order valence-corrected chi connectivity index (χ4v) is 30.9. The predicted molar refractivity (Wildman–Crippen MR) is 259 cm³/mol. The number of hydrogen-bond acceptors (Lipinski definition) is 2. The molecule has 0 aliphatic heterocycles. The molecule has 2 atom stereocenters. The van der Waals surface area contributed by atoms with E-state index >= 15 is 0 Å². The van der Waals surface area contributed by atoms with E-state index in [2.05, 4.69) is 189 Å². The Hall–Kier alpha value is -2.97. The van der Waals surface area contributed by atoms with Crippen LogP contribution in [-0.4, -0.2) is 21.6 Å². The van der Waals surface area contributed by atoms with E-state index in [1.165, 1.54) is 88.7 Å². The summed E-state index contributed by atoms with van der Waals surface area (Å²) in [5.41, 5.74) is 18.7. The van der Waals surface area contributed by atoms with Gasteiger partial charge in [-0.25, -0.2) is 0 Å². The number of fused-ring (bicyclic) bond motifs is 2. The van der Waals surface area contributed by atoms with Crippen molar-refractivity contribution >= 4 is 80.5 Å². The molecule has 0 saturated carbocycles. The number of allylic oxidation sites excluding steroid dienone is 2. The minimum atomic E-state index is -2.73. The van der Waals surface area contributed by atoms with E-state index in [0.29, 0.717) is 7.25 Å². The predicted octanol–water partition coefficient (Wildman–Crippen LogP) is 14.1. The Kier molecular flexibility index (Phi) is 12.9. The Labute approximate surface area is 369 Å². The van der Waals surface area contributed by atoms with Crippen LogP contribution in [0.4, 0.5) is 0 Å². The zero-order chi connectivity index (χ0) is 39.8. The summed E-state index contributed by atoms with van der Waals surface area (Å²) in [6, 6.07) is 36.6. The van der Waals surface area contributed by atoms with Crippen LogP contribution in [0.15, 0.2) is 106 Å². The number of halogens is 2. The van der Waals surface area contributed by atoms with Gasteiger partial charge in [-0.1, -0.05) is 0 Å². The Balaban J connectivity index is 0.00000283. The van der Waals surface area contributed by atoms with E-state index < -0.39 is 41.9 Å². The molecule has 58 heavy (non-hydrogen) atoms. The molecule has 2 unspecified atom stereocenters. The van der Waals surface area contributed by atoms with Crippen LogP contribution in [0.1, 0.15) is 63.3 Å². The molecule has 2 aromatic heterocycles. The van der Waals surface area contributed by atoms with E-state index in [9.17, 15) is 0 Å². The molecule has 2 heterocycles. The van der Waals surface area contributed by atoms with E-state index in [1.54, 1.807) is 0 Å². The molecule has 0 fully saturated rings. The van der Waals surface area contributed by atoms with E-state index in [1.807, 2.05) is 0 Å². The maximum atomic E-state index is 7.03. The first kappa shape index (κ1) is 44.6.